The first kappa shape index (κ1) is 20.0. The second kappa shape index (κ2) is 8.52. The molecule has 1 saturated carbocycles. The van der Waals surface area contributed by atoms with Crippen molar-refractivity contribution >= 4 is 35.6 Å². The van der Waals surface area contributed by atoms with Crippen LogP contribution in [-0.4, -0.2) is 45.4 Å². The first-order chi connectivity index (χ1) is 12.6. The van der Waals surface area contributed by atoms with Gasteiger partial charge in [-0.1, -0.05) is 11.6 Å². The zero-order valence-electron chi connectivity index (χ0n) is 14.7. The lowest BCUT2D eigenvalue weighted by atomic mass is 9.92. The van der Waals surface area contributed by atoms with Crippen LogP contribution in [0.1, 0.15) is 37.4 Å². The van der Waals surface area contributed by atoms with Crippen LogP contribution in [0.4, 0.5) is 5.69 Å². The number of ether oxygens (including phenoxy) is 1. The van der Waals surface area contributed by atoms with Gasteiger partial charge in [-0.15, -0.1) is 17.5 Å². The van der Waals surface area contributed by atoms with Crippen LogP contribution in [0.5, 0.6) is 0 Å². The summed E-state index contributed by atoms with van der Waals surface area (Å²) in [7, 11) is 0. The van der Waals surface area contributed by atoms with Crippen LogP contribution in [0.2, 0.25) is 5.02 Å². The molecule has 2 fully saturated rings. The Balaban J connectivity index is 0.00000210. The van der Waals surface area contributed by atoms with E-state index in [0.717, 1.165) is 31.5 Å². The molecule has 3 N–H and O–H groups in total. The highest BCUT2D eigenvalue weighted by Crippen LogP contribution is 2.40. The molecule has 1 amide bonds. The summed E-state index contributed by atoms with van der Waals surface area (Å²) in [4.78, 5) is 12.5. The van der Waals surface area contributed by atoms with E-state index in [9.17, 15) is 4.79 Å². The number of hydrogen-bond donors (Lipinski definition) is 2. The Morgan fingerprint density at radius 1 is 1.30 bits per heavy atom. The first-order valence-electron chi connectivity index (χ1n) is 8.86. The number of nitrogens with two attached hydrogens (primary N) is 1. The van der Waals surface area contributed by atoms with Crippen LogP contribution in [0.15, 0.2) is 18.2 Å². The van der Waals surface area contributed by atoms with Gasteiger partial charge in [-0.25, -0.2) is 0 Å². The fourth-order valence-electron chi connectivity index (χ4n) is 3.23. The van der Waals surface area contributed by atoms with Crippen LogP contribution < -0.4 is 11.1 Å². The Kier molecular flexibility index (Phi) is 6.31. The number of carbonyl (C=O) groups is 1. The van der Waals surface area contributed by atoms with E-state index in [1.165, 1.54) is 0 Å². The van der Waals surface area contributed by atoms with Crippen LogP contribution in [0, 0.1) is 5.92 Å². The number of anilines is 1. The molecule has 146 valence electrons. The van der Waals surface area contributed by atoms with E-state index < -0.39 is 6.04 Å². The van der Waals surface area contributed by atoms with E-state index in [0.29, 0.717) is 35.5 Å². The van der Waals surface area contributed by atoms with Gasteiger partial charge >= 0.3 is 0 Å². The van der Waals surface area contributed by atoms with Crippen molar-refractivity contribution in [2.75, 3.05) is 18.5 Å². The molecule has 2 aliphatic rings. The van der Waals surface area contributed by atoms with Gasteiger partial charge in [0.15, 0.2) is 5.82 Å². The zero-order valence-corrected chi connectivity index (χ0v) is 16.2. The summed E-state index contributed by atoms with van der Waals surface area (Å²) in [5, 5.41) is 15.3. The van der Waals surface area contributed by atoms with E-state index in [-0.39, 0.29) is 24.2 Å². The van der Waals surface area contributed by atoms with Crippen LogP contribution in [0.3, 0.4) is 0 Å². The van der Waals surface area contributed by atoms with Crippen molar-refractivity contribution < 1.29 is 9.53 Å². The summed E-state index contributed by atoms with van der Waals surface area (Å²) in [6.45, 7) is 1.31. The van der Waals surface area contributed by atoms with E-state index in [4.69, 9.17) is 22.1 Å². The highest BCUT2D eigenvalue weighted by Gasteiger charge is 2.31. The molecule has 8 nitrogen and oxygen atoms in total. The van der Waals surface area contributed by atoms with Gasteiger partial charge in [0.25, 0.3) is 0 Å². The van der Waals surface area contributed by atoms with Crippen LogP contribution >= 0.6 is 24.0 Å². The van der Waals surface area contributed by atoms with Crippen molar-refractivity contribution in [3.8, 4) is 5.69 Å². The molecule has 0 radical (unpaired) electrons. The van der Waals surface area contributed by atoms with E-state index in [1.54, 1.807) is 22.9 Å². The third-order valence-corrected chi connectivity index (χ3v) is 5.27. The minimum absolute atomic E-state index is 0. The van der Waals surface area contributed by atoms with Crippen molar-refractivity contribution in [3.63, 3.8) is 0 Å². The second-order valence-electron chi connectivity index (χ2n) is 6.85. The van der Waals surface area contributed by atoms with Gasteiger partial charge in [0.2, 0.25) is 5.91 Å². The molecule has 4 rings (SSSR count). The quantitative estimate of drug-likeness (QED) is 0.779. The third-order valence-electron chi connectivity index (χ3n) is 4.95. The molecule has 1 saturated heterocycles. The number of benzene rings is 1. The molecule has 27 heavy (non-hydrogen) atoms. The predicted octanol–water partition coefficient (Wildman–Crippen LogP) is 2.31. The summed E-state index contributed by atoms with van der Waals surface area (Å²) in [6.07, 6.45) is 3.76. The SMILES string of the molecule is Cl.NC(C(=O)Nc1ccc(Cl)c(-n2nnnc2C2CC2)c1)C1CCOCC1. The molecule has 1 atom stereocenters. The minimum Gasteiger partial charge on any atom is -0.381 e. The lowest BCUT2D eigenvalue weighted by Gasteiger charge is -2.26. The molecule has 0 bridgehead atoms. The smallest absolute Gasteiger partial charge is 0.241 e. The Morgan fingerprint density at radius 3 is 2.74 bits per heavy atom. The molecule has 1 aliphatic heterocycles. The number of nitrogens with zero attached hydrogens (tertiary/aromatic N) is 4. The van der Waals surface area contributed by atoms with E-state index >= 15 is 0 Å². The number of rotatable bonds is 5. The number of tetrazole rings is 1. The summed E-state index contributed by atoms with van der Waals surface area (Å²) >= 11 is 6.34. The molecule has 1 aromatic heterocycles. The largest absolute Gasteiger partial charge is 0.381 e. The van der Waals surface area contributed by atoms with Crippen LogP contribution in [-0.2, 0) is 9.53 Å². The van der Waals surface area contributed by atoms with Gasteiger partial charge < -0.3 is 15.8 Å². The van der Waals surface area contributed by atoms with Gasteiger partial charge in [0.1, 0.15) is 0 Å². The number of carbonyl (C=O) groups excluding carboxylic acids is 1. The van der Waals surface area contributed by atoms with Gasteiger partial charge in [0.05, 0.1) is 16.8 Å². The van der Waals surface area contributed by atoms with Crippen molar-refractivity contribution in [3.05, 3.63) is 29.0 Å². The summed E-state index contributed by atoms with van der Waals surface area (Å²) in [5.41, 5.74) is 7.41. The molecule has 0 spiro atoms. The standard InChI is InChI=1S/C17H21ClN6O2.ClH/c18-13-4-3-12(20-17(25)15(19)10-5-7-26-8-6-10)9-14(13)24-16(11-1-2-11)21-22-23-24;/h3-4,9-11,15H,1-2,5-8,19H2,(H,20,25);1H. The Morgan fingerprint density at radius 2 is 2.04 bits per heavy atom. The monoisotopic (exact) mass is 412 g/mol. The maximum atomic E-state index is 12.5. The lowest BCUT2D eigenvalue weighted by Crippen LogP contribution is -2.44. The van der Waals surface area contributed by atoms with Gasteiger partial charge in [-0.05, 0) is 60.2 Å². The van der Waals surface area contributed by atoms with Crippen molar-refractivity contribution in [1.29, 1.82) is 0 Å². The number of nitrogens with one attached hydrogen (secondary N) is 1. The average molecular weight is 413 g/mol. The van der Waals surface area contributed by atoms with Crippen molar-refractivity contribution in [2.45, 2.75) is 37.6 Å². The molecule has 2 aromatic rings. The van der Waals surface area contributed by atoms with Gasteiger partial charge in [-0.3, -0.25) is 4.79 Å². The Bertz CT molecular complexity index is 804. The second-order valence-corrected chi connectivity index (χ2v) is 7.26. The summed E-state index contributed by atoms with van der Waals surface area (Å²) in [6, 6.07) is 4.69. The first-order valence-corrected chi connectivity index (χ1v) is 9.23. The lowest BCUT2D eigenvalue weighted by molar-refractivity contribution is -0.119. The normalized spacial score (nSPS) is 18.6. The van der Waals surface area contributed by atoms with Crippen molar-refractivity contribution in [1.82, 2.24) is 20.2 Å². The topological polar surface area (TPSA) is 108 Å². The summed E-state index contributed by atoms with van der Waals surface area (Å²) < 4.78 is 6.98. The number of halogens is 2. The highest BCUT2D eigenvalue weighted by molar-refractivity contribution is 6.32. The molecule has 1 unspecified atom stereocenters. The highest BCUT2D eigenvalue weighted by atomic mass is 35.5. The molecule has 1 aromatic carbocycles. The Hall–Kier alpha value is -1.74. The number of hydrogen-bond acceptors (Lipinski definition) is 6. The van der Waals surface area contributed by atoms with Gasteiger partial charge in [-0.2, -0.15) is 4.68 Å². The van der Waals surface area contributed by atoms with Crippen molar-refractivity contribution in [2.24, 2.45) is 11.7 Å². The fourth-order valence-corrected chi connectivity index (χ4v) is 3.43. The number of aromatic nitrogens is 4. The van der Waals surface area contributed by atoms with Gasteiger partial charge in [0, 0.05) is 24.8 Å². The molecule has 2 heterocycles. The molecule has 1 aliphatic carbocycles. The van der Waals surface area contributed by atoms with Crippen LogP contribution in [0.25, 0.3) is 5.69 Å². The minimum atomic E-state index is -0.562. The molecular weight excluding hydrogens is 391 g/mol. The molecular formula is C17H22Cl2N6O2. The zero-order chi connectivity index (χ0) is 18.1. The average Bonchev–Trinajstić information content (AvgIpc) is 3.40. The third kappa shape index (κ3) is 4.40. The maximum Gasteiger partial charge on any atom is 0.241 e. The molecule has 10 heteroatoms. The fraction of sp³-hybridized carbons (Fsp3) is 0.529. The summed E-state index contributed by atoms with van der Waals surface area (Å²) in [5.74, 6) is 1.11. The van der Waals surface area contributed by atoms with E-state index in [2.05, 4.69) is 20.8 Å². The predicted molar refractivity (Wildman–Crippen MR) is 104 cm³/mol. The maximum absolute atomic E-state index is 12.5. The Labute approximate surface area is 168 Å². The van der Waals surface area contributed by atoms with E-state index in [1.807, 2.05) is 0 Å². The number of amides is 1.